The lowest BCUT2D eigenvalue weighted by molar-refractivity contribution is 0.0748. The van der Waals surface area contributed by atoms with Crippen molar-refractivity contribution in [1.82, 2.24) is 14.0 Å². The molecule has 9 heteroatoms. The number of aryl methyl sites for hydroxylation is 1. The third-order valence-corrected chi connectivity index (χ3v) is 5.51. The third kappa shape index (κ3) is 5.04. The molecule has 0 N–H and O–H groups in total. The van der Waals surface area contributed by atoms with Crippen LogP contribution in [0.1, 0.15) is 43.1 Å². The number of amides is 1. The molecule has 0 saturated carbocycles. The average molecular weight is 486 g/mol. The Morgan fingerprint density at radius 3 is 2.72 bits per heavy atom. The van der Waals surface area contributed by atoms with Gasteiger partial charge in [0.15, 0.2) is 5.49 Å². The Morgan fingerprint density at radius 2 is 1.97 bits per heavy atom. The quantitative estimate of drug-likeness (QED) is 0.279. The summed E-state index contributed by atoms with van der Waals surface area (Å²) in [5.41, 5.74) is 1.01. The number of carbonyl (C=O) groups excluding carboxylic acids is 1. The first-order valence-corrected chi connectivity index (χ1v) is 11.8. The van der Waals surface area contributed by atoms with Crippen LogP contribution in [0, 0.1) is 11.3 Å². The number of ether oxygens (including phenoxy) is 2. The molecule has 1 aromatic carbocycles. The lowest BCUT2D eigenvalue weighted by atomic mass is 10.2. The molecule has 0 aliphatic rings. The zero-order valence-electron chi connectivity index (χ0n) is 20.5. The van der Waals surface area contributed by atoms with Crippen molar-refractivity contribution < 1.29 is 14.3 Å². The summed E-state index contributed by atoms with van der Waals surface area (Å²) in [5.74, 6) is -0.146. The van der Waals surface area contributed by atoms with Crippen LogP contribution in [-0.4, -0.2) is 39.2 Å². The Kier molecular flexibility index (Phi) is 7.56. The molecule has 4 rings (SSSR count). The molecule has 0 aliphatic heterocycles. The highest BCUT2D eigenvalue weighted by Gasteiger charge is 2.17. The van der Waals surface area contributed by atoms with Crippen molar-refractivity contribution in [3.63, 3.8) is 0 Å². The number of nitrogens with zero attached hydrogens (tertiary/aromatic N) is 5. The van der Waals surface area contributed by atoms with E-state index in [1.165, 1.54) is 10.5 Å². The Bertz CT molecular complexity index is 1590. The minimum atomic E-state index is -0.556. The molecule has 0 saturated heterocycles. The molecule has 3 heterocycles. The fraction of sp³-hybridized carbons (Fsp3) is 0.296. The predicted molar refractivity (Wildman–Crippen MR) is 135 cm³/mol. The average Bonchev–Trinajstić information content (AvgIpc) is 2.88. The van der Waals surface area contributed by atoms with Gasteiger partial charge < -0.3 is 14.0 Å². The summed E-state index contributed by atoms with van der Waals surface area (Å²) in [6.45, 7) is 6.91. The van der Waals surface area contributed by atoms with E-state index in [-0.39, 0.29) is 33.7 Å². The smallest absolute Gasteiger partial charge is 0.282 e. The van der Waals surface area contributed by atoms with Gasteiger partial charge in [-0.1, -0.05) is 18.2 Å². The molecule has 9 nitrogen and oxygen atoms in total. The van der Waals surface area contributed by atoms with Gasteiger partial charge in [-0.2, -0.15) is 10.3 Å². The Labute approximate surface area is 207 Å². The predicted octanol–water partition coefficient (Wildman–Crippen LogP) is 3.48. The van der Waals surface area contributed by atoms with Crippen molar-refractivity contribution in [2.45, 2.75) is 39.8 Å². The highest BCUT2D eigenvalue weighted by molar-refractivity contribution is 5.97. The molecule has 36 heavy (non-hydrogen) atoms. The number of fused-ring (bicyclic) bond motifs is 2. The van der Waals surface area contributed by atoms with Gasteiger partial charge in [0.25, 0.3) is 11.5 Å². The Balaban J connectivity index is 1.97. The van der Waals surface area contributed by atoms with Gasteiger partial charge >= 0.3 is 0 Å². The van der Waals surface area contributed by atoms with E-state index in [1.54, 1.807) is 53.2 Å². The van der Waals surface area contributed by atoms with Gasteiger partial charge in [-0.05, 0) is 57.5 Å². The summed E-state index contributed by atoms with van der Waals surface area (Å²) in [5, 5.41) is 10.2. The van der Waals surface area contributed by atoms with Crippen molar-refractivity contribution in [2.75, 3.05) is 13.2 Å². The van der Waals surface area contributed by atoms with E-state index in [1.807, 2.05) is 20.8 Å². The molecule has 0 bridgehead atoms. The van der Waals surface area contributed by atoms with Crippen LogP contribution in [0.4, 0.5) is 0 Å². The summed E-state index contributed by atoms with van der Waals surface area (Å²) >= 11 is 0. The van der Waals surface area contributed by atoms with Crippen molar-refractivity contribution in [1.29, 1.82) is 5.26 Å². The summed E-state index contributed by atoms with van der Waals surface area (Å²) in [4.78, 5) is 35.6. The number of hydrogen-bond donors (Lipinski definition) is 0. The van der Waals surface area contributed by atoms with Gasteiger partial charge in [-0.3, -0.25) is 14.0 Å². The first kappa shape index (κ1) is 24.8. The normalized spacial score (nSPS) is 11.8. The van der Waals surface area contributed by atoms with E-state index < -0.39 is 5.91 Å². The van der Waals surface area contributed by atoms with Crippen LogP contribution in [0.15, 0.2) is 64.5 Å². The molecule has 184 valence electrons. The second-order valence-corrected chi connectivity index (χ2v) is 8.35. The van der Waals surface area contributed by atoms with Crippen molar-refractivity contribution in [2.24, 2.45) is 4.99 Å². The van der Waals surface area contributed by atoms with Gasteiger partial charge in [-0.15, -0.1) is 0 Å². The maximum Gasteiger partial charge on any atom is 0.282 e. The van der Waals surface area contributed by atoms with Crippen molar-refractivity contribution >= 4 is 22.6 Å². The summed E-state index contributed by atoms with van der Waals surface area (Å²) in [6.07, 6.45) is 2.25. The molecular formula is C27H27N5O4. The first-order valence-electron chi connectivity index (χ1n) is 11.8. The number of carbonyl (C=O) groups is 1. The van der Waals surface area contributed by atoms with Crippen LogP contribution in [0.5, 0.6) is 5.75 Å². The van der Waals surface area contributed by atoms with Gasteiger partial charge in [0.05, 0.1) is 29.2 Å². The number of nitriles is 1. The highest BCUT2D eigenvalue weighted by Crippen LogP contribution is 2.19. The van der Waals surface area contributed by atoms with E-state index in [4.69, 9.17) is 14.5 Å². The molecule has 0 unspecified atom stereocenters. The van der Waals surface area contributed by atoms with E-state index in [0.29, 0.717) is 43.2 Å². The van der Waals surface area contributed by atoms with Crippen molar-refractivity contribution in [3.8, 4) is 11.8 Å². The molecule has 3 aromatic heterocycles. The van der Waals surface area contributed by atoms with E-state index in [0.717, 1.165) is 0 Å². The summed E-state index contributed by atoms with van der Waals surface area (Å²) in [6, 6.07) is 15.6. The minimum absolute atomic E-state index is 0.0599. The lowest BCUT2D eigenvalue weighted by Crippen LogP contribution is -2.30. The van der Waals surface area contributed by atoms with Gasteiger partial charge in [-0.25, -0.2) is 4.98 Å². The molecule has 0 radical (unpaired) electrons. The summed E-state index contributed by atoms with van der Waals surface area (Å²) in [7, 11) is 0. The maximum atomic E-state index is 13.3. The van der Waals surface area contributed by atoms with E-state index >= 15 is 0 Å². The Morgan fingerprint density at radius 1 is 1.19 bits per heavy atom. The molecule has 0 aliphatic carbocycles. The zero-order valence-corrected chi connectivity index (χ0v) is 20.5. The van der Waals surface area contributed by atoms with E-state index in [9.17, 15) is 14.9 Å². The third-order valence-electron chi connectivity index (χ3n) is 5.51. The van der Waals surface area contributed by atoms with Crippen LogP contribution in [0.3, 0.4) is 0 Å². The number of para-hydroxylation sites is 1. The standard InChI is InChI=1S/C27H27N5O4/c1-4-35-22-11-6-5-10-20(22)26(33)30-24-19(17-28)16-21-25(32(24)14-9-15-36-18(2)3)29-23-12-7-8-13-31(23)27(21)34/h5-8,10-13,16,18H,4,9,14-15H2,1-3H3. The maximum absolute atomic E-state index is 13.3. The number of rotatable bonds is 8. The number of aromatic nitrogens is 3. The molecule has 1 amide bonds. The van der Waals surface area contributed by atoms with Crippen LogP contribution in [-0.2, 0) is 11.3 Å². The zero-order chi connectivity index (χ0) is 25.7. The molecule has 0 atom stereocenters. The van der Waals surface area contributed by atoms with Crippen LogP contribution < -0.4 is 15.8 Å². The molecule has 4 aromatic rings. The molecule has 0 fully saturated rings. The van der Waals surface area contributed by atoms with Crippen LogP contribution in [0.2, 0.25) is 0 Å². The highest BCUT2D eigenvalue weighted by atomic mass is 16.5. The lowest BCUT2D eigenvalue weighted by Gasteiger charge is -2.14. The van der Waals surface area contributed by atoms with Gasteiger partial charge in [0, 0.05) is 19.3 Å². The number of hydrogen-bond acceptors (Lipinski definition) is 6. The molecule has 0 spiro atoms. The largest absolute Gasteiger partial charge is 0.493 e. The number of pyridine rings is 2. The summed E-state index contributed by atoms with van der Waals surface area (Å²) < 4.78 is 14.4. The van der Waals surface area contributed by atoms with E-state index in [2.05, 4.69) is 11.1 Å². The van der Waals surface area contributed by atoms with Gasteiger partial charge in [0.1, 0.15) is 23.1 Å². The fourth-order valence-corrected chi connectivity index (χ4v) is 3.92. The first-order chi connectivity index (χ1) is 17.4. The molecular weight excluding hydrogens is 458 g/mol. The second kappa shape index (κ2) is 11.0. The van der Waals surface area contributed by atoms with Crippen LogP contribution >= 0.6 is 0 Å². The SMILES string of the molecule is CCOc1ccccc1C(=O)N=c1c(C#N)cc2c(=O)n3ccccc3nc2n1CCCOC(C)C. The second-order valence-electron chi connectivity index (χ2n) is 8.35. The van der Waals surface area contributed by atoms with Gasteiger partial charge in [0.2, 0.25) is 0 Å². The Hall–Kier alpha value is -4.29. The topological polar surface area (TPSA) is 111 Å². The fourth-order valence-electron chi connectivity index (χ4n) is 3.92. The minimum Gasteiger partial charge on any atom is -0.493 e. The monoisotopic (exact) mass is 485 g/mol. The van der Waals surface area contributed by atoms with Crippen molar-refractivity contribution in [3.05, 3.63) is 81.7 Å². The number of benzene rings is 1. The van der Waals surface area contributed by atoms with Crippen LogP contribution in [0.25, 0.3) is 16.7 Å².